The zero-order chi connectivity index (χ0) is 13.7. The molecule has 1 aromatic rings. The number of ether oxygens (including phenoxy) is 1. The third-order valence-corrected chi connectivity index (χ3v) is 3.33. The number of anilines is 2. The van der Waals surface area contributed by atoms with Gasteiger partial charge in [-0.05, 0) is 31.0 Å². The van der Waals surface area contributed by atoms with E-state index in [-0.39, 0.29) is 5.91 Å². The molecule has 0 unspecified atom stereocenters. The van der Waals surface area contributed by atoms with Crippen molar-refractivity contribution in [3.8, 4) is 0 Å². The SMILES string of the molecule is COCCNC(=O)c1ccc(N2CCCC2)c(N)c1. The third kappa shape index (κ3) is 3.38. The summed E-state index contributed by atoms with van der Waals surface area (Å²) < 4.78 is 4.89. The fraction of sp³-hybridized carbons (Fsp3) is 0.500. The molecule has 0 atom stereocenters. The number of nitrogens with zero attached hydrogens (tertiary/aromatic N) is 1. The first-order valence-electron chi connectivity index (χ1n) is 6.64. The lowest BCUT2D eigenvalue weighted by Crippen LogP contribution is -2.27. The van der Waals surface area contributed by atoms with Gasteiger partial charge in [-0.25, -0.2) is 0 Å². The summed E-state index contributed by atoms with van der Waals surface area (Å²) in [4.78, 5) is 14.1. The van der Waals surface area contributed by atoms with Gasteiger partial charge in [0.25, 0.3) is 5.91 Å². The summed E-state index contributed by atoms with van der Waals surface area (Å²) in [7, 11) is 1.61. The minimum atomic E-state index is -0.114. The van der Waals surface area contributed by atoms with Crippen molar-refractivity contribution in [2.75, 3.05) is 44.0 Å². The van der Waals surface area contributed by atoms with Crippen molar-refractivity contribution in [3.05, 3.63) is 23.8 Å². The van der Waals surface area contributed by atoms with E-state index in [2.05, 4.69) is 10.2 Å². The van der Waals surface area contributed by atoms with E-state index in [1.54, 1.807) is 13.2 Å². The Morgan fingerprint density at radius 2 is 2.16 bits per heavy atom. The molecular formula is C14H21N3O2. The predicted molar refractivity (Wildman–Crippen MR) is 76.5 cm³/mol. The van der Waals surface area contributed by atoms with Gasteiger partial charge in [-0.1, -0.05) is 0 Å². The Morgan fingerprint density at radius 3 is 2.79 bits per heavy atom. The lowest BCUT2D eigenvalue weighted by molar-refractivity contribution is 0.0937. The van der Waals surface area contributed by atoms with Gasteiger partial charge in [0, 0.05) is 32.3 Å². The molecule has 0 aromatic heterocycles. The van der Waals surface area contributed by atoms with E-state index in [9.17, 15) is 4.79 Å². The average molecular weight is 263 g/mol. The van der Waals surface area contributed by atoms with Crippen LogP contribution in [0.15, 0.2) is 18.2 Å². The molecule has 0 saturated carbocycles. The maximum absolute atomic E-state index is 11.9. The molecule has 2 rings (SSSR count). The van der Waals surface area contributed by atoms with Crippen LogP contribution in [0.25, 0.3) is 0 Å². The summed E-state index contributed by atoms with van der Waals surface area (Å²) in [5.41, 5.74) is 8.34. The Labute approximate surface area is 113 Å². The van der Waals surface area contributed by atoms with Gasteiger partial charge in [0.2, 0.25) is 0 Å². The standard InChI is InChI=1S/C14H21N3O2/c1-19-9-6-16-14(18)11-4-5-13(12(15)10-11)17-7-2-3-8-17/h4-5,10H,2-3,6-9,15H2,1H3,(H,16,18). The lowest BCUT2D eigenvalue weighted by atomic mass is 10.1. The van der Waals surface area contributed by atoms with Crippen molar-refractivity contribution in [1.29, 1.82) is 0 Å². The van der Waals surface area contributed by atoms with Crippen molar-refractivity contribution >= 4 is 17.3 Å². The molecule has 104 valence electrons. The van der Waals surface area contributed by atoms with Crippen LogP contribution in [0.4, 0.5) is 11.4 Å². The van der Waals surface area contributed by atoms with Crippen LogP contribution < -0.4 is 16.0 Å². The molecule has 1 amide bonds. The molecular weight excluding hydrogens is 242 g/mol. The van der Waals surface area contributed by atoms with Gasteiger partial charge in [-0.15, -0.1) is 0 Å². The monoisotopic (exact) mass is 263 g/mol. The van der Waals surface area contributed by atoms with Crippen molar-refractivity contribution in [2.45, 2.75) is 12.8 Å². The van der Waals surface area contributed by atoms with Gasteiger partial charge in [-0.3, -0.25) is 4.79 Å². The van der Waals surface area contributed by atoms with E-state index in [1.807, 2.05) is 12.1 Å². The molecule has 0 aliphatic carbocycles. The number of nitrogen functional groups attached to an aromatic ring is 1. The molecule has 0 spiro atoms. The molecule has 19 heavy (non-hydrogen) atoms. The molecule has 0 radical (unpaired) electrons. The Bertz CT molecular complexity index is 442. The van der Waals surface area contributed by atoms with Crippen LogP contribution >= 0.6 is 0 Å². The van der Waals surface area contributed by atoms with E-state index < -0.39 is 0 Å². The second-order valence-electron chi connectivity index (χ2n) is 4.72. The summed E-state index contributed by atoms with van der Waals surface area (Å²) >= 11 is 0. The highest BCUT2D eigenvalue weighted by Gasteiger charge is 2.16. The van der Waals surface area contributed by atoms with E-state index in [0.717, 1.165) is 18.8 Å². The highest BCUT2D eigenvalue weighted by molar-refractivity contribution is 5.96. The first kappa shape index (κ1) is 13.7. The van der Waals surface area contributed by atoms with Crippen LogP contribution in [-0.2, 0) is 4.74 Å². The topological polar surface area (TPSA) is 67.6 Å². The van der Waals surface area contributed by atoms with Crippen molar-refractivity contribution < 1.29 is 9.53 Å². The Hall–Kier alpha value is -1.75. The minimum absolute atomic E-state index is 0.114. The molecule has 3 N–H and O–H groups in total. The number of nitrogens with two attached hydrogens (primary N) is 1. The van der Waals surface area contributed by atoms with Crippen LogP contribution in [-0.4, -0.2) is 39.3 Å². The van der Waals surface area contributed by atoms with Crippen molar-refractivity contribution in [3.63, 3.8) is 0 Å². The minimum Gasteiger partial charge on any atom is -0.397 e. The Kier molecular flexibility index (Phi) is 4.63. The largest absolute Gasteiger partial charge is 0.397 e. The van der Waals surface area contributed by atoms with Crippen molar-refractivity contribution in [2.24, 2.45) is 0 Å². The number of nitrogens with one attached hydrogen (secondary N) is 1. The fourth-order valence-corrected chi connectivity index (χ4v) is 2.31. The zero-order valence-electron chi connectivity index (χ0n) is 11.3. The number of methoxy groups -OCH3 is 1. The number of amides is 1. The molecule has 1 aliphatic rings. The highest BCUT2D eigenvalue weighted by Crippen LogP contribution is 2.27. The molecule has 1 aliphatic heterocycles. The van der Waals surface area contributed by atoms with Crippen LogP contribution in [0.1, 0.15) is 23.2 Å². The second-order valence-corrected chi connectivity index (χ2v) is 4.72. The quantitative estimate of drug-likeness (QED) is 0.619. The fourth-order valence-electron chi connectivity index (χ4n) is 2.31. The third-order valence-electron chi connectivity index (χ3n) is 3.33. The van der Waals surface area contributed by atoms with E-state index in [0.29, 0.717) is 24.4 Å². The van der Waals surface area contributed by atoms with E-state index >= 15 is 0 Å². The van der Waals surface area contributed by atoms with Gasteiger partial charge >= 0.3 is 0 Å². The molecule has 1 saturated heterocycles. The average Bonchev–Trinajstić information content (AvgIpc) is 2.92. The summed E-state index contributed by atoms with van der Waals surface area (Å²) in [5, 5.41) is 2.78. The Morgan fingerprint density at radius 1 is 1.42 bits per heavy atom. The van der Waals surface area contributed by atoms with Gasteiger partial charge in [0.15, 0.2) is 0 Å². The molecule has 1 aromatic carbocycles. The first-order chi connectivity index (χ1) is 9.22. The zero-order valence-corrected chi connectivity index (χ0v) is 11.3. The smallest absolute Gasteiger partial charge is 0.251 e. The summed E-state index contributed by atoms with van der Waals surface area (Å²) in [6, 6.07) is 5.51. The van der Waals surface area contributed by atoms with Gasteiger partial charge in [-0.2, -0.15) is 0 Å². The molecule has 5 nitrogen and oxygen atoms in total. The highest BCUT2D eigenvalue weighted by atomic mass is 16.5. The summed E-state index contributed by atoms with van der Waals surface area (Å²) in [5.74, 6) is -0.114. The number of carbonyl (C=O) groups is 1. The van der Waals surface area contributed by atoms with Gasteiger partial charge < -0.3 is 20.7 Å². The lowest BCUT2D eigenvalue weighted by Gasteiger charge is -2.20. The Balaban J connectivity index is 2.03. The van der Waals surface area contributed by atoms with Gasteiger partial charge in [0.05, 0.1) is 18.0 Å². The first-order valence-corrected chi connectivity index (χ1v) is 6.64. The number of benzene rings is 1. The normalized spacial score (nSPS) is 14.7. The maximum atomic E-state index is 11.9. The summed E-state index contributed by atoms with van der Waals surface area (Å²) in [6.45, 7) is 3.10. The van der Waals surface area contributed by atoms with E-state index in [1.165, 1.54) is 12.8 Å². The van der Waals surface area contributed by atoms with Gasteiger partial charge in [0.1, 0.15) is 0 Å². The van der Waals surface area contributed by atoms with Crippen LogP contribution in [0.2, 0.25) is 0 Å². The van der Waals surface area contributed by atoms with Crippen LogP contribution in [0, 0.1) is 0 Å². The van der Waals surface area contributed by atoms with Crippen LogP contribution in [0.3, 0.4) is 0 Å². The predicted octanol–water partition coefficient (Wildman–Crippen LogP) is 1.25. The number of hydrogen-bond donors (Lipinski definition) is 2. The van der Waals surface area contributed by atoms with E-state index in [4.69, 9.17) is 10.5 Å². The molecule has 1 fully saturated rings. The number of rotatable bonds is 5. The number of hydrogen-bond acceptors (Lipinski definition) is 4. The second kappa shape index (κ2) is 6.43. The molecule has 1 heterocycles. The van der Waals surface area contributed by atoms with Crippen molar-refractivity contribution in [1.82, 2.24) is 5.32 Å². The summed E-state index contributed by atoms with van der Waals surface area (Å²) in [6.07, 6.45) is 2.41. The number of carbonyl (C=O) groups excluding carboxylic acids is 1. The molecule has 0 bridgehead atoms. The van der Waals surface area contributed by atoms with Crippen LogP contribution in [0.5, 0.6) is 0 Å². The molecule has 5 heteroatoms. The maximum Gasteiger partial charge on any atom is 0.251 e.